The highest BCUT2D eigenvalue weighted by atomic mass is 16.3. The molecule has 2 aliphatic heterocycles. The Hall–Kier alpha value is -14.4. The van der Waals surface area contributed by atoms with E-state index >= 15 is 0 Å². The van der Waals surface area contributed by atoms with Gasteiger partial charge in [0, 0.05) is 100 Å². The second-order valence-electron chi connectivity index (χ2n) is 29.0. The Morgan fingerprint density at radius 2 is 0.505 bits per heavy atom. The van der Waals surface area contributed by atoms with Crippen molar-refractivity contribution >= 4 is 145 Å². The first kappa shape index (κ1) is 61.0. The zero-order chi connectivity index (χ0) is 71.4. The third kappa shape index (κ3) is 9.50. The molecule has 0 unspecified atom stereocenters. The molecule has 4 aromatic heterocycles. The molecule has 0 bridgehead atoms. The lowest BCUT2D eigenvalue weighted by atomic mass is 9.33. The van der Waals surface area contributed by atoms with Crippen molar-refractivity contribution in [3.8, 4) is 78.1 Å². The molecule has 6 heterocycles. The fourth-order valence-electron chi connectivity index (χ4n) is 18.2. The SMILES string of the molecule is c1ccc(-c2cc(-c3ccccc3)cc(-c3ccccc3N3c4cc5c6cc7c(cc6n(-c6ccccc6)c5cc4B4c5cc6c(cc5N(c5ccccc5-c5cc(-c8ccccc8)cc(-c8ccccc8)c5)c5cccc3c54)c3cc4c(cc3n6-c3ccccc3)oc3ccccc34)oc3ccccc37)c2)cc1. The van der Waals surface area contributed by atoms with Gasteiger partial charge < -0.3 is 27.8 Å². The maximum absolute atomic E-state index is 6.82. The van der Waals surface area contributed by atoms with Crippen molar-refractivity contribution in [1.82, 2.24) is 9.13 Å². The second-order valence-corrected chi connectivity index (χ2v) is 29.0. The maximum atomic E-state index is 6.82. The number of fused-ring (bicyclic) bond motifs is 16. The summed E-state index contributed by atoms with van der Waals surface area (Å²) < 4.78 is 18.6. The summed E-state index contributed by atoms with van der Waals surface area (Å²) in [6, 6.07) is 141. The molecule has 0 amide bonds. The monoisotopic (exact) mass is 1390 g/mol. The molecule has 0 N–H and O–H groups in total. The summed E-state index contributed by atoms with van der Waals surface area (Å²) in [5.41, 5.74) is 33.7. The van der Waals surface area contributed by atoms with Crippen LogP contribution in [0.5, 0.6) is 0 Å². The maximum Gasteiger partial charge on any atom is 0.252 e. The molecule has 0 saturated carbocycles. The van der Waals surface area contributed by atoms with Gasteiger partial charge in [0.2, 0.25) is 0 Å². The molecule has 506 valence electrons. The minimum absolute atomic E-state index is 0.320. The molecule has 2 aliphatic rings. The number of furan rings is 2. The topological polar surface area (TPSA) is 42.6 Å². The number of rotatable bonds is 10. The molecule has 0 spiro atoms. The van der Waals surface area contributed by atoms with E-state index in [0.717, 1.165) is 200 Å². The number of anilines is 6. The Balaban J connectivity index is 0.860. The van der Waals surface area contributed by atoms with Crippen LogP contribution in [0.15, 0.2) is 391 Å². The summed E-state index contributed by atoms with van der Waals surface area (Å²) in [6.45, 7) is -0.320. The zero-order valence-corrected chi connectivity index (χ0v) is 59.1. The van der Waals surface area contributed by atoms with Crippen molar-refractivity contribution < 1.29 is 8.83 Å². The molecule has 109 heavy (non-hydrogen) atoms. The molecule has 21 aromatic rings. The molecular weight excluding hydrogens is 1320 g/mol. The number of hydrogen-bond donors (Lipinski definition) is 0. The molecule has 0 saturated heterocycles. The Morgan fingerprint density at radius 1 is 0.193 bits per heavy atom. The molecule has 0 atom stereocenters. The van der Waals surface area contributed by atoms with Gasteiger partial charge in [-0.15, -0.1) is 0 Å². The lowest BCUT2D eigenvalue weighted by molar-refractivity contribution is 0.669. The van der Waals surface area contributed by atoms with E-state index in [1.54, 1.807) is 0 Å². The van der Waals surface area contributed by atoms with Gasteiger partial charge in [-0.25, -0.2) is 0 Å². The Labute approximate surface area is 628 Å². The number of para-hydroxylation sites is 6. The van der Waals surface area contributed by atoms with E-state index in [9.17, 15) is 0 Å². The van der Waals surface area contributed by atoms with Gasteiger partial charge >= 0.3 is 0 Å². The van der Waals surface area contributed by atoms with E-state index in [2.05, 4.69) is 401 Å². The summed E-state index contributed by atoms with van der Waals surface area (Å²) in [5, 5.41) is 8.91. The molecule has 6 nitrogen and oxygen atoms in total. The number of benzene rings is 17. The molecular formula is C102H63BN4O2. The predicted molar refractivity (Wildman–Crippen MR) is 456 cm³/mol. The fraction of sp³-hybridized carbons (Fsp3) is 0. The van der Waals surface area contributed by atoms with E-state index in [0.29, 0.717) is 0 Å². The molecule has 23 rings (SSSR count). The van der Waals surface area contributed by atoms with Crippen molar-refractivity contribution in [3.05, 3.63) is 382 Å². The predicted octanol–water partition coefficient (Wildman–Crippen LogP) is 25.8. The van der Waals surface area contributed by atoms with Gasteiger partial charge in [-0.2, -0.15) is 0 Å². The highest BCUT2D eigenvalue weighted by molar-refractivity contribution is 7.00. The third-order valence-corrected chi connectivity index (χ3v) is 23.0. The molecule has 7 heteroatoms. The van der Waals surface area contributed by atoms with Gasteiger partial charge in [0.1, 0.15) is 22.3 Å². The Morgan fingerprint density at radius 3 is 0.899 bits per heavy atom. The van der Waals surface area contributed by atoms with Crippen LogP contribution in [0.3, 0.4) is 0 Å². The summed E-state index contributed by atoms with van der Waals surface area (Å²) in [6.07, 6.45) is 0. The largest absolute Gasteiger partial charge is 0.456 e. The molecule has 17 aromatic carbocycles. The standard InChI is InChI=1S/C102H63BN4O2/c1-7-28-64(29-8-1)68-50-69(65-30-9-2-10-31-65)53-72(52-68)76-40-19-23-44-88(76)106-90-46-27-47-91-102(90)103(86-60-92-82(58-96(86)106)80-56-84-78-42-21-25-48-98(78)108-100(84)62-94(80)104(92)74-36-15-5-16-37-74)87-61-93-83(81-57-85-79-43-22-26-49-99(79)109-101(85)63-95(81)105(93)75-38-17-6-18-39-75)59-97(87)107(91)89-45-24-20-41-77(89)73-54-70(66-32-11-3-12-33-66)51-71(55-73)67-34-13-4-14-35-67/h1-63H. The molecule has 0 aliphatic carbocycles. The highest BCUT2D eigenvalue weighted by Crippen LogP contribution is 2.53. The summed E-state index contributed by atoms with van der Waals surface area (Å²) >= 11 is 0. The van der Waals surface area contributed by atoms with Crippen LogP contribution in [0.1, 0.15) is 0 Å². The van der Waals surface area contributed by atoms with Crippen molar-refractivity contribution in [2.24, 2.45) is 0 Å². The van der Waals surface area contributed by atoms with Crippen molar-refractivity contribution in [2.75, 3.05) is 9.80 Å². The molecule has 0 fully saturated rings. The van der Waals surface area contributed by atoms with Crippen LogP contribution in [-0.4, -0.2) is 15.8 Å². The van der Waals surface area contributed by atoms with Crippen molar-refractivity contribution in [1.29, 1.82) is 0 Å². The smallest absolute Gasteiger partial charge is 0.252 e. The van der Waals surface area contributed by atoms with Gasteiger partial charge in [0.05, 0.1) is 33.4 Å². The van der Waals surface area contributed by atoms with E-state index in [-0.39, 0.29) is 6.71 Å². The second kappa shape index (κ2) is 24.1. The van der Waals surface area contributed by atoms with Crippen LogP contribution in [-0.2, 0) is 0 Å². The first-order valence-electron chi connectivity index (χ1n) is 37.5. The van der Waals surface area contributed by atoms with Gasteiger partial charge in [-0.1, -0.05) is 237 Å². The van der Waals surface area contributed by atoms with Gasteiger partial charge in [0.15, 0.2) is 0 Å². The summed E-state index contributed by atoms with van der Waals surface area (Å²) in [4.78, 5) is 5.25. The third-order valence-electron chi connectivity index (χ3n) is 23.0. The normalized spacial score (nSPS) is 12.5. The van der Waals surface area contributed by atoms with E-state index in [1.807, 2.05) is 0 Å². The zero-order valence-electron chi connectivity index (χ0n) is 59.1. The van der Waals surface area contributed by atoms with Crippen LogP contribution in [0.2, 0.25) is 0 Å². The number of aromatic nitrogens is 2. The van der Waals surface area contributed by atoms with E-state index in [1.165, 1.54) is 16.4 Å². The Kier molecular flexibility index (Phi) is 13.5. The fourth-order valence-corrected chi connectivity index (χ4v) is 18.2. The van der Waals surface area contributed by atoms with E-state index in [4.69, 9.17) is 8.83 Å². The Bertz CT molecular complexity index is 6740. The van der Waals surface area contributed by atoms with Crippen molar-refractivity contribution in [2.45, 2.75) is 0 Å². The molecule has 0 radical (unpaired) electrons. The van der Waals surface area contributed by atoms with Gasteiger partial charge in [-0.3, -0.25) is 0 Å². The summed E-state index contributed by atoms with van der Waals surface area (Å²) in [5.74, 6) is 0. The van der Waals surface area contributed by atoms with Crippen LogP contribution < -0.4 is 26.2 Å². The van der Waals surface area contributed by atoms with E-state index < -0.39 is 0 Å². The average Bonchev–Trinajstić information content (AvgIpc) is 1.49. The van der Waals surface area contributed by atoms with Gasteiger partial charge in [0.25, 0.3) is 6.71 Å². The quantitative estimate of drug-likeness (QED) is 0.128. The van der Waals surface area contributed by atoms with Crippen LogP contribution >= 0.6 is 0 Å². The highest BCUT2D eigenvalue weighted by Gasteiger charge is 2.45. The minimum Gasteiger partial charge on any atom is -0.456 e. The lowest BCUT2D eigenvalue weighted by Gasteiger charge is -2.45. The van der Waals surface area contributed by atoms with Crippen LogP contribution in [0.25, 0.3) is 166 Å². The minimum atomic E-state index is -0.320. The summed E-state index contributed by atoms with van der Waals surface area (Å²) in [7, 11) is 0. The van der Waals surface area contributed by atoms with Gasteiger partial charge in [-0.05, 0) is 205 Å². The number of nitrogens with zero attached hydrogens (tertiary/aromatic N) is 4. The van der Waals surface area contributed by atoms with Crippen LogP contribution in [0, 0.1) is 0 Å². The first-order chi connectivity index (χ1) is 54.0. The van der Waals surface area contributed by atoms with Crippen molar-refractivity contribution in [3.63, 3.8) is 0 Å². The average molecular weight is 1390 g/mol. The number of hydrogen-bond acceptors (Lipinski definition) is 4. The van der Waals surface area contributed by atoms with Crippen LogP contribution in [0.4, 0.5) is 34.1 Å². The first-order valence-corrected chi connectivity index (χ1v) is 37.5. The lowest BCUT2D eigenvalue weighted by Crippen LogP contribution is -2.61.